The standard InChI is InChI=1S/C9H14F2N2O.ClH/c10-9(11)5-7(6-9)8(14)13-3-1-12-2-4-13;/h7,12H,1-6H2;1H. The van der Waals surface area contributed by atoms with Crippen molar-refractivity contribution in [3.8, 4) is 0 Å². The lowest BCUT2D eigenvalue weighted by Crippen LogP contribution is -2.52. The third kappa shape index (κ3) is 2.78. The molecule has 15 heavy (non-hydrogen) atoms. The van der Waals surface area contributed by atoms with Gasteiger partial charge in [0.1, 0.15) is 0 Å². The first kappa shape index (κ1) is 12.6. The summed E-state index contributed by atoms with van der Waals surface area (Å²) in [7, 11) is 0. The molecule has 1 N–H and O–H groups in total. The largest absolute Gasteiger partial charge is 0.340 e. The summed E-state index contributed by atoms with van der Waals surface area (Å²) in [6.07, 6.45) is -0.508. The summed E-state index contributed by atoms with van der Waals surface area (Å²) in [5.41, 5.74) is 0. The summed E-state index contributed by atoms with van der Waals surface area (Å²) in [6, 6.07) is 0. The molecule has 0 spiro atoms. The van der Waals surface area contributed by atoms with E-state index in [1.165, 1.54) is 0 Å². The molecule has 1 saturated heterocycles. The number of nitrogens with one attached hydrogen (secondary N) is 1. The maximum absolute atomic E-state index is 12.5. The van der Waals surface area contributed by atoms with E-state index in [9.17, 15) is 13.6 Å². The maximum atomic E-state index is 12.5. The third-order valence-electron chi connectivity index (χ3n) is 2.87. The van der Waals surface area contributed by atoms with Gasteiger partial charge in [-0.25, -0.2) is 8.78 Å². The van der Waals surface area contributed by atoms with Crippen LogP contribution in [0, 0.1) is 5.92 Å². The van der Waals surface area contributed by atoms with Gasteiger partial charge in [-0.3, -0.25) is 4.79 Å². The lowest BCUT2D eigenvalue weighted by atomic mass is 9.80. The highest BCUT2D eigenvalue weighted by molar-refractivity contribution is 5.85. The Bertz CT molecular complexity index is 236. The molecule has 2 rings (SSSR count). The fraction of sp³-hybridized carbons (Fsp3) is 0.889. The third-order valence-corrected chi connectivity index (χ3v) is 2.87. The minimum atomic E-state index is -2.59. The van der Waals surface area contributed by atoms with Crippen LogP contribution in [0.15, 0.2) is 0 Å². The van der Waals surface area contributed by atoms with Crippen LogP contribution >= 0.6 is 12.4 Å². The molecule has 1 aliphatic carbocycles. The van der Waals surface area contributed by atoms with Gasteiger partial charge in [-0.05, 0) is 0 Å². The van der Waals surface area contributed by atoms with Gasteiger partial charge in [-0.2, -0.15) is 0 Å². The Labute approximate surface area is 93.6 Å². The lowest BCUT2D eigenvalue weighted by Gasteiger charge is -2.38. The SMILES string of the molecule is Cl.O=C(C1CC(F)(F)C1)N1CCNCC1. The van der Waals surface area contributed by atoms with Gasteiger partial charge in [0.25, 0.3) is 0 Å². The Morgan fingerprint density at radius 2 is 1.80 bits per heavy atom. The number of carbonyl (C=O) groups excluding carboxylic acids is 1. The number of rotatable bonds is 1. The van der Waals surface area contributed by atoms with Crippen molar-refractivity contribution in [2.24, 2.45) is 5.92 Å². The van der Waals surface area contributed by atoms with Crippen LogP contribution in [0.4, 0.5) is 8.78 Å². The quantitative estimate of drug-likeness (QED) is 0.738. The van der Waals surface area contributed by atoms with Crippen molar-refractivity contribution in [1.82, 2.24) is 10.2 Å². The van der Waals surface area contributed by atoms with Gasteiger partial charge in [0.2, 0.25) is 11.8 Å². The zero-order chi connectivity index (χ0) is 10.2. The van der Waals surface area contributed by atoms with E-state index < -0.39 is 11.8 Å². The van der Waals surface area contributed by atoms with Crippen molar-refractivity contribution in [2.75, 3.05) is 26.2 Å². The summed E-state index contributed by atoms with van der Waals surface area (Å²) in [5, 5.41) is 3.12. The van der Waals surface area contributed by atoms with Gasteiger partial charge < -0.3 is 10.2 Å². The second-order valence-corrected chi connectivity index (χ2v) is 4.04. The fourth-order valence-corrected chi connectivity index (χ4v) is 1.98. The molecule has 1 saturated carbocycles. The molecule has 0 aromatic rings. The van der Waals surface area contributed by atoms with Gasteiger partial charge in [0.05, 0.1) is 0 Å². The molecule has 0 bridgehead atoms. The van der Waals surface area contributed by atoms with Crippen LogP contribution in [0.1, 0.15) is 12.8 Å². The number of hydrogen-bond acceptors (Lipinski definition) is 2. The zero-order valence-electron chi connectivity index (χ0n) is 8.34. The number of carbonyl (C=O) groups is 1. The molecular weight excluding hydrogens is 226 g/mol. The molecule has 1 amide bonds. The molecule has 2 aliphatic rings. The number of alkyl halides is 2. The highest BCUT2D eigenvalue weighted by atomic mass is 35.5. The topological polar surface area (TPSA) is 32.3 Å². The second kappa shape index (κ2) is 4.61. The van der Waals surface area contributed by atoms with Crippen LogP contribution in [0.25, 0.3) is 0 Å². The summed E-state index contributed by atoms with van der Waals surface area (Å²) in [4.78, 5) is 13.3. The Kier molecular flexibility index (Phi) is 3.89. The van der Waals surface area contributed by atoms with E-state index in [1.807, 2.05) is 0 Å². The van der Waals surface area contributed by atoms with E-state index in [-0.39, 0.29) is 31.2 Å². The molecule has 1 aliphatic heterocycles. The number of hydrogen-bond donors (Lipinski definition) is 1. The monoisotopic (exact) mass is 240 g/mol. The summed E-state index contributed by atoms with van der Waals surface area (Å²) in [5.74, 6) is -3.10. The summed E-state index contributed by atoms with van der Waals surface area (Å²) >= 11 is 0. The smallest absolute Gasteiger partial charge is 0.249 e. The highest BCUT2D eigenvalue weighted by Crippen LogP contribution is 2.43. The first-order chi connectivity index (χ1) is 6.58. The Hall–Kier alpha value is -0.420. The molecule has 1 heterocycles. The summed E-state index contributed by atoms with van der Waals surface area (Å²) in [6.45, 7) is 2.85. The van der Waals surface area contributed by atoms with E-state index in [1.54, 1.807) is 4.90 Å². The Balaban J connectivity index is 0.00000112. The van der Waals surface area contributed by atoms with Crippen LogP contribution < -0.4 is 5.32 Å². The fourth-order valence-electron chi connectivity index (χ4n) is 1.98. The van der Waals surface area contributed by atoms with E-state index in [0.717, 1.165) is 13.1 Å². The molecule has 6 heteroatoms. The second-order valence-electron chi connectivity index (χ2n) is 4.04. The first-order valence-electron chi connectivity index (χ1n) is 4.96. The van der Waals surface area contributed by atoms with E-state index in [0.29, 0.717) is 13.1 Å². The molecule has 88 valence electrons. The van der Waals surface area contributed by atoms with Gasteiger partial charge in [0, 0.05) is 44.9 Å². The summed E-state index contributed by atoms with van der Waals surface area (Å²) < 4.78 is 25.1. The van der Waals surface area contributed by atoms with Gasteiger partial charge >= 0.3 is 0 Å². The van der Waals surface area contributed by atoms with Gasteiger partial charge in [-0.15, -0.1) is 12.4 Å². The Morgan fingerprint density at radius 1 is 1.27 bits per heavy atom. The predicted molar refractivity (Wildman–Crippen MR) is 54.4 cm³/mol. The lowest BCUT2D eigenvalue weighted by molar-refractivity contribution is -0.160. The van der Waals surface area contributed by atoms with Gasteiger partial charge in [-0.1, -0.05) is 0 Å². The average molecular weight is 241 g/mol. The Morgan fingerprint density at radius 3 is 2.27 bits per heavy atom. The minimum Gasteiger partial charge on any atom is -0.340 e. The predicted octanol–water partition coefficient (Wildman–Crippen LogP) is 0.885. The number of nitrogens with zero attached hydrogens (tertiary/aromatic N) is 1. The van der Waals surface area contributed by atoms with Crippen molar-refractivity contribution in [3.05, 3.63) is 0 Å². The molecule has 0 aromatic carbocycles. The van der Waals surface area contributed by atoms with Crippen molar-refractivity contribution in [3.63, 3.8) is 0 Å². The maximum Gasteiger partial charge on any atom is 0.249 e. The van der Waals surface area contributed by atoms with Crippen LogP contribution in [-0.4, -0.2) is 42.9 Å². The van der Waals surface area contributed by atoms with E-state index >= 15 is 0 Å². The zero-order valence-corrected chi connectivity index (χ0v) is 9.16. The van der Waals surface area contributed by atoms with Crippen molar-refractivity contribution >= 4 is 18.3 Å². The number of amides is 1. The first-order valence-corrected chi connectivity index (χ1v) is 4.96. The van der Waals surface area contributed by atoms with Crippen LogP contribution in [0.3, 0.4) is 0 Å². The number of halogens is 3. The van der Waals surface area contributed by atoms with Crippen molar-refractivity contribution < 1.29 is 13.6 Å². The molecule has 0 atom stereocenters. The van der Waals surface area contributed by atoms with Crippen molar-refractivity contribution in [1.29, 1.82) is 0 Å². The number of piperazine rings is 1. The van der Waals surface area contributed by atoms with Crippen LogP contribution in [0.2, 0.25) is 0 Å². The van der Waals surface area contributed by atoms with Gasteiger partial charge in [0.15, 0.2) is 0 Å². The minimum absolute atomic E-state index is 0. The van der Waals surface area contributed by atoms with E-state index in [4.69, 9.17) is 0 Å². The molecular formula is C9H15ClF2N2O. The molecule has 0 radical (unpaired) electrons. The molecule has 2 fully saturated rings. The van der Waals surface area contributed by atoms with Crippen LogP contribution in [0.5, 0.6) is 0 Å². The average Bonchev–Trinajstić information content (AvgIpc) is 2.14. The highest BCUT2D eigenvalue weighted by Gasteiger charge is 2.49. The molecule has 3 nitrogen and oxygen atoms in total. The molecule has 0 aromatic heterocycles. The van der Waals surface area contributed by atoms with E-state index in [2.05, 4.69) is 5.32 Å². The van der Waals surface area contributed by atoms with Crippen LogP contribution in [-0.2, 0) is 4.79 Å². The molecule has 0 unspecified atom stereocenters. The van der Waals surface area contributed by atoms with Crippen molar-refractivity contribution in [2.45, 2.75) is 18.8 Å². The normalized spacial score (nSPS) is 25.3.